The van der Waals surface area contributed by atoms with Crippen molar-refractivity contribution in [1.29, 1.82) is 0 Å². The molecule has 0 atom stereocenters. The summed E-state index contributed by atoms with van der Waals surface area (Å²) in [5, 5.41) is 7.59. The molecule has 28 heavy (non-hydrogen) atoms. The second-order valence-corrected chi connectivity index (χ2v) is 8.34. The lowest BCUT2D eigenvalue weighted by Gasteiger charge is -2.33. The Morgan fingerprint density at radius 1 is 1.07 bits per heavy atom. The lowest BCUT2D eigenvalue weighted by atomic mass is 9.87. The molecule has 2 aromatic carbocycles. The van der Waals surface area contributed by atoms with Crippen molar-refractivity contribution in [3.8, 4) is 0 Å². The predicted octanol–water partition coefficient (Wildman–Crippen LogP) is 4.88. The van der Waals surface area contributed by atoms with Gasteiger partial charge in [0, 0.05) is 24.3 Å². The second-order valence-electron chi connectivity index (χ2n) is 7.93. The molecule has 146 valence electrons. The van der Waals surface area contributed by atoms with Crippen molar-refractivity contribution >= 4 is 34.6 Å². The van der Waals surface area contributed by atoms with Gasteiger partial charge in [-0.1, -0.05) is 42.7 Å². The van der Waals surface area contributed by atoms with Gasteiger partial charge in [0.25, 0.3) is 0 Å². The van der Waals surface area contributed by atoms with E-state index in [1.54, 1.807) is 0 Å². The Bertz CT molecular complexity index is 872. The van der Waals surface area contributed by atoms with E-state index >= 15 is 0 Å². The number of benzene rings is 2. The fourth-order valence-corrected chi connectivity index (χ4v) is 4.75. The maximum atomic E-state index is 11.9. The molecule has 1 heterocycles. The molecule has 0 aromatic heterocycles. The molecule has 0 radical (unpaired) electrons. The molecule has 2 aliphatic rings. The standard InChI is InChI=1S/C23H27N3OS/c1-17-6-4-7-18(16-17)23(13-2-3-14-23)25-22(28)24-19-9-11-20(12-10-19)26-15-5-8-21(26)27/h4,6-7,9-12,16H,2-3,5,8,13-15H2,1H3,(H2,24,25,28). The molecule has 0 spiro atoms. The Morgan fingerprint density at radius 3 is 2.46 bits per heavy atom. The van der Waals surface area contributed by atoms with Crippen LogP contribution in [0.1, 0.15) is 49.7 Å². The zero-order valence-corrected chi connectivity index (χ0v) is 17.1. The first-order valence-electron chi connectivity index (χ1n) is 10.1. The van der Waals surface area contributed by atoms with E-state index in [-0.39, 0.29) is 11.4 Å². The molecule has 0 bridgehead atoms. The first-order valence-corrected chi connectivity index (χ1v) is 10.5. The number of hydrogen-bond acceptors (Lipinski definition) is 2. The van der Waals surface area contributed by atoms with Crippen molar-refractivity contribution in [2.45, 2.75) is 51.0 Å². The molecular weight excluding hydrogens is 366 g/mol. The van der Waals surface area contributed by atoms with E-state index in [2.05, 4.69) is 41.8 Å². The summed E-state index contributed by atoms with van der Waals surface area (Å²) < 4.78 is 0. The van der Waals surface area contributed by atoms with Crippen LogP contribution in [0.5, 0.6) is 0 Å². The van der Waals surface area contributed by atoms with Gasteiger partial charge in [-0.2, -0.15) is 0 Å². The quantitative estimate of drug-likeness (QED) is 0.727. The van der Waals surface area contributed by atoms with Gasteiger partial charge in [0.1, 0.15) is 0 Å². The summed E-state index contributed by atoms with van der Waals surface area (Å²) in [6.07, 6.45) is 6.19. The van der Waals surface area contributed by atoms with E-state index in [0.29, 0.717) is 11.5 Å². The average Bonchev–Trinajstić information content (AvgIpc) is 3.32. The largest absolute Gasteiger partial charge is 0.353 e. The molecule has 4 rings (SSSR count). The highest BCUT2D eigenvalue weighted by Gasteiger charge is 2.36. The number of aryl methyl sites for hydroxylation is 1. The molecule has 2 aromatic rings. The number of nitrogens with one attached hydrogen (secondary N) is 2. The van der Waals surface area contributed by atoms with Crippen LogP contribution in [0.4, 0.5) is 11.4 Å². The molecule has 1 amide bonds. The number of carbonyl (C=O) groups excluding carboxylic acids is 1. The van der Waals surface area contributed by atoms with Crippen LogP contribution in [0.25, 0.3) is 0 Å². The molecule has 5 heteroatoms. The van der Waals surface area contributed by atoms with Crippen LogP contribution >= 0.6 is 12.2 Å². The minimum Gasteiger partial charge on any atom is -0.353 e. The van der Waals surface area contributed by atoms with E-state index in [4.69, 9.17) is 12.2 Å². The van der Waals surface area contributed by atoms with Crippen LogP contribution in [-0.4, -0.2) is 17.6 Å². The lowest BCUT2D eigenvalue weighted by molar-refractivity contribution is -0.117. The van der Waals surface area contributed by atoms with Gasteiger partial charge in [-0.25, -0.2) is 0 Å². The summed E-state index contributed by atoms with van der Waals surface area (Å²) in [6.45, 7) is 2.94. The summed E-state index contributed by atoms with van der Waals surface area (Å²) in [5.74, 6) is 0.208. The predicted molar refractivity (Wildman–Crippen MR) is 119 cm³/mol. The normalized spacial score (nSPS) is 18.3. The second kappa shape index (κ2) is 7.92. The van der Waals surface area contributed by atoms with Crippen LogP contribution in [0.2, 0.25) is 0 Å². The smallest absolute Gasteiger partial charge is 0.227 e. The molecular formula is C23H27N3OS. The highest BCUT2D eigenvalue weighted by Crippen LogP contribution is 2.39. The number of thiocarbonyl (C=S) groups is 1. The van der Waals surface area contributed by atoms with Crippen molar-refractivity contribution in [3.05, 3.63) is 59.7 Å². The van der Waals surface area contributed by atoms with Gasteiger partial charge >= 0.3 is 0 Å². The molecule has 2 N–H and O–H groups in total. The third kappa shape index (κ3) is 3.90. The number of nitrogens with zero attached hydrogens (tertiary/aromatic N) is 1. The van der Waals surface area contributed by atoms with E-state index in [9.17, 15) is 4.79 Å². The molecule has 2 fully saturated rings. The molecule has 0 unspecified atom stereocenters. The van der Waals surface area contributed by atoms with Crippen molar-refractivity contribution in [1.82, 2.24) is 5.32 Å². The third-order valence-electron chi connectivity index (χ3n) is 5.89. The Hall–Kier alpha value is -2.40. The fraction of sp³-hybridized carbons (Fsp3) is 0.391. The average molecular weight is 394 g/mol. The molecule has 1 saturated heterocycles. The van der Waals surface area contributed by atoms with Crippen LogP contribution in [0.3, 0.4) is 0 Å². The van der Waals surface area contributed by atoms with E-state index in [1.807, 2.05) is 29.2 Å². The van der Waals surface area contributed by atoms with Gasteiger partial charge in [0.05, 0.1) is 5.54 Å². The van der Waals surface area contributed by atoms with Crippen LogP contribution in [0, 0.1) is 6.92 Å². The Morgan fingerprint density at radius 2 is 1.82 bits per heavy atom. The Kier molecular flexibility index (Phi) is 5.36. The number of carbonyl (C=O) groups is 1. The van der Waals surface area contributed by atoms with Crippen molar-refractivity contribution in [2.24, 2.45) is 0 Å². The van der Waals surface area contributed by atoms with Crippen LogP contribution in [-0.2, 0) is 10.3 Å². The van der Waals surface area contributed by atoms with Crippen LogP contribution < -0.4 is 15.5 Å². The molecule has 1 saturated carbocycles. The van der Waals surface area contributed by atoms with Crippen LogP contribution in [0.15, 0.2) is 48.5 Å². The maximum absolute atomic E-state index is 11.9. The van der Waals surface area contributed by atoms with E-state index in [0.717, 1.165) is 37.2 Å². The summed E-state index contributed by atoms with van der Waals surface area (Å²) in [7, 11) is 0. The fourth-order valence-electron chi connectivity index (χ4n) is 4.43. The zero-order valence-electron chi connectivity index (χ0n) is 16.3. The first kappa shape index (κ1) is 18.9. The molecule has 4 nitrogen and oxygen atoms in total. The monoisotopic (exact) mass is 393 g/mol. The number of anilines is 2. The number of hydrogen-bond donors (Lipinski definition) is 2. The van der Waals surface area contributed by atoms with Gasteiger partial charge in [-0.3, -0.25) is 4.79 Å². The van der Waals surface area contributed by atoms with Crippen molar-refractivity contribution < 1.29 is 4.79 Å². The lowest BCUT2D eigenvalue weighted by Crippen LogP contribution is -2.45. The Balaban J connectivity index is 1.45. The number of amides is 1. The summed E-state index contributed by atoms with van der Waals surface area (Å²) in [5.41, 5.74) is 4.40. The summed E-state index contributed by atoms with van der Waals surface area (Å²) in [4.78, 5) is 13.8. The minimum atomic E-state index is -0.0853. The zero-order chi connectivity index (χ0) is 19.6. The maximum Gasteiger partial charge on any atom is 0.227 e. The third-order valence-corrected chi connectivity index (χ3v) is 6.09. The van der Waals surface area contributed by atoms with Gasteiger partial charge in [-0.05, 0) is 68.2 Å². The molecule has 1 aliphatic heterocycles. The number of rotatable bonds is 4. The molecule has 1 aliphatic carbocycles. The topological polar surface area (TPSA) is 44.4 Å². The SMILES string of the molecule is Cc1cccc(C2(NC(=S)Nc3ccc(N4CCCC4=O)cc3)CCCC2)c1. The van der Waals surface area contributed by atoms with Gasteiger partial charge in [0.15, 0.2) is 5.11 Å². The summed E-state index contributed by atoms with van der Waals surface area (Å²) in [6, 6.07) is 16.7. The minimum absolute atomic E-state index is 0.0853. The highest BCUT2D eigenvalue weighted by atomic mass is 32.1. The summed E-state index contributed by atoms with van der Waals surface area (Å²) >= 11 is 5.65. The van der Waals surface area contributed by atoms with Gasteiger partial charge in [0.2, 0.25) is 5.91 Å². The van der Waals surface area contributed by atoms with Gasteiger partial charge in [-0.15, -0.1) is 0 Å². The Labute approximate surface area is 172 Å². The first-order chi connectivity index (χ1) is 13.6. The van der Waals surface area contributed by atoms with Crippen molar-refractivity contribution in [3.63, 3.8) is 0 Å². The van der Waals surface area contributed by atoms with Crippen molar-refractivity contribution in [2.75, 3.05) is 16.8 Å². The van der Waals surface area contributed by atoms with E-state index < -0.39 is 0 Å². The van der Waals surface area contributed by atoms with Gasteiger partial charge < -0.3 is 15.5 Å². The highest BCUT2D eigenvalue weighted by molar-refractivity contribution is 7.80. The van der Waals surface area contributed by atoms with E-state index in [1.165, 1.54) is 24.0 Å².